The van der Waals surface area contributed by atoms with Gasteiger partial charge in [-0.1, -0.05) is 23.7 Å². The molecule has 0 aliphatic heterocycles. The van der Waals surface area contributed by atoms with Gasteiger partial charge in [-0.05, 0) is 67.3 Å². The molecule has 1 heterocycles. The molecule has 2 aliphatic rings. The van der Waals surface area contributed by atoms with Crippen LogP contribution in [0.3, 0.4) is 0 Å². The zero-order chi connectivity index (χ0) is 18.5. The molecule has 6 heteroatoms. The van der Waals surface area contributed by atoms with Crippen LogP contribution in [0.25, 0.3) is 16.6 Å². The number of benzene rings is 2. The number of nitrogens with zero attached hydrogens (tertiary/aromatic N) is 2. The van der Waals surface area contributed by atoms with Crippen molar-refractivity contribution in [3.63, 3.8) is 0 Å². The molecule has 0 saturated heterocycles. The zero-order valence-corrected chi connectivity index (χ0v) is 15.5. The molecular weight excluding hydrogens is 365 g/mol. The van der Waals surface area contributed by atoms with Gasteiger partial charge in [-0.3, -0.25) is 4.57 Å². The van der Waals surface area contributed by atoms with Crippen molar-refractivity contribution in [2.24, 2.45) is 5.92 Å². The molecule has 3 aromatic rings. The van der Waals surface area contributed by atoms with Crippen LogP contribution in [0.4, 0.5) is 10.2 Å². The van der Waals surface area contributed by atoms with E-state index in [2.05, 4.69) is 10.3 Å². The Hall–Kier alpha value is -2.40. The highest BCUT2D eigenvalue weighted by atomic mass is 35.5. The highest BCUT2D eigenvalue weighted by molar-refractivity contribution is 6.32. The molecule has 2 fully saturated rings. The third-order valence-corrected chi connectivity index (χ3v) is 5.70. The van der Waals surface area contributed by atoms with Crippen molar-refractivity contribution in [3.8, 4) is 5.69 Å². The van der Waals surface area contributed by atoms with Crippen molar-refractivity contribution in [1.82, 2.24) is 9.55 Å². The molecule has 5 rings (SSSR count). The number of para-hydroxylation sites is 1. The van der Waals surface area contributed by atoms with Crippen molar-refractivity contribution >= 4 is 28.3 Å². The Balaban J connectivity index is 1.76. The Bertz CT molecular complexity index is 1100. The first-order valence-electron chi connectivity index (χ1n) is 9.37. The number of aromatic nitrogens is 2. The van der Waals surface area contributed by atoms with Gasteiger partial charge in [0.25, 0.3) is 0 Å². The van der Waals surface area contributed by atoms with Crippen LogP contribution in [0.2, 0.25) is 5.02 Å². The lowest BCUT2D eigenvalue weighted by Gasteiger charge is -2.16. The number of rotatable bonds is 5. The van der Waals surface area contributed by atoms with Crippen molar-refractivity contribution < 1.29 is 4.39 Å². The van der Waals surface area contributed by atoms with Crippen LogP contribution in [0.5, 0.6) is 0 Å². The first-order chi connectivity index (χ1) is 13.1. The van der Waals surface area contributed by atoms with Gasteiger partial charge in [0.1, 0.15) is 11.6 Å². The van der Waals surface area contributed by atoms with Gasteiger partial charge >= 0.3 is 5.69 Å². The maximum atomic E-state index is 14.7. The van der Waals surface area contributed by atoms with Crippen molar-refractivity contribution in [2.75, 3.05) is 11.9 Å². The Labute approximate surface area is 161 Å². The van der Waals surface area contributed by atoms with Gasteiger partial charge in [-0.25, -0.2) is 9.18 Å². The summed E-state index contributed by atoms with van der Waals surface area (Å²) in [6.07, 6.45) is 4.33. The number of nitrogens with one attached hydrogen (secondary N) is 1. The second-order valence-corrected chi connectivity index (χ2v) is 7.93. The summed E-state index contributed by atoms with van der Waals surface area (Å²) in [6, 6.07) is 10.5. The predicted octanol–water partition coefficient (Wildman–Crippen LogP) is 4.88. The second kappa shape index (κ2) is 6.34. The maximum Gasteiger partial charge on any atom is 0.354 e. The predicted molar refractivity (Wildman–Crippen MR) is 105 cm³/mol. The van der Waals surface area contributed by atoms with Crippen molar-refractivity contribution in [3.05, 3.63) is 63.3 Å². The van der Waals surface area contributed by atoms with E-state index in [4.69, 9.17) is 11.6 Å². The fourth-order valence-corrected chi connectivity index (χ4v) is 3.75. The van der Waals surface area contributed by atoms with E-state index < -0.39 is 5.69 Å². The molecule has 0 bridgehead atoms. The number of fused-ring (bicyclic) bond motifs is 1. The smallest absolute Gasteiger partial charge is 0.354 e. The molecule has 27 heavy (non-hydrogen) atoms. The fraction of sp³-hybridized carbons (Fsp3) is 0.333. The normalized spacial score (nSPS) is 16.7. The monoisotopic (exact) mass is 383 g/mol. The van der Waals surface area contributed by atoms with Gasteiger partial charge < -0.3 is 5.32 Å². The van der Waals surface area contributed by atoms with Crippen LogP contribution in [0, 0.1) is 11.7 Å². The molecule has 138 valence electrons. The van der Waals surface area contributed by atoms with E-state index >= 15 is 0 Å². The average molecular weight is 384 g/mol. The summed E-state index contributed by atoms with van der Waals surface area (Å²) in [6.45, 7) is 0.754. The first kappa shape index (κ1) is 16.8. The number of halogens is 2. The van der Waals surface area contributed by atoms with E-state index in [1.807, 2.05) is 12.1 Å². The summed E-state index contributed by atoms with van der Waals surface area (Å²) in [5, 5.41) is 4.32. The van der Waals surface area contributed by atoms with Crippen LogP contribution < -0.4 is 11.0 Å². The summed E-state index contributed by atoms with van der Waals surface area (Å²) < 4.78 is 16.2. The molecule has 2 saturated carbocycles. The van der Waals surface area contributed by atoms with E-state index in [0.717, 1.165) is 19.4 Å². The highest BCUT2D eigenvalue weighted by Crippen LogP contribution is 2.43. The minimum atomic E-state index is -0.415. The molecular formula is C21H19ClFN3O. The molecule has 0 radical (unpaired) electrons. The van der Waals surface area contributed by atoms with E-state index in [1.54, 1.807) is 18.2 Å². The first-order valence-corrected chi connectivity index (χ1v) is 9.74. The van der Waals surface area contributed by atoms with Gasteiger partial charge in [0, 0.05) is 11.9 Å². The van der Waals surface area contributed by atoms with Gasteiger partial charge in [0.15, 0.2) is 0 Å². The van der Waals surface area contributed by atoms with Crippen LogP contribution in [-0.2, 0) is 0 Å². The molecule has 4 nitrogen and oxygen atoms in total. The standard InChI is InChI=1S/C21H19ClFN3O/c22-16-3-1-2-4-18(16)26-19-10-14(13-7-8-13)17(23)9-15(19)20(25-21(26)27)24-11-12-5-6-12/h1-4,9-10,12-13H,5-8,11H2,(H,24,25,27). The van der Waals surface area contributed by atoms with E-state index in [0.29, 0.717) is 38.9 Å². The molecule has 2 aromatic carbocycles. The molecule has 0 spiro atoms. The average Bonchev–Trinajstić information content (AvgIpc) is 3.54. The minimum absolute atomic E-state index is 0.231. The minimum Gasteiger partial charge on any atom is -0.369 e. The van der Waals surface area contributed by atoms with Gasteiger partial charge in [-0.15, -0.1) is 0 Å². The van der Waals surface area contributed by atoms with Gasteiger partial charge in [-0.2, -0.15) is 4.98 Å². The molecule has 0 amide bonds. The molecule has 1 aromatic heterocycles. The number of hydrogen-bond acceptors (Lipinski definition) is 3. The quantitative estimate of drug-likeness (QED) is 0.683. The van der Waals surface area contributed by atoms with Crippen molar-refractivity contribution in [1.29, 1.82) is 0 Å². The Morgan fingerprint density at radius 3 is 2.67 bits per heavy atom. The maximum absolute atomic E-state index is 14.7. The fourth-order valence-electron chi connectivity index (χ4n) is 3.53. The second-order valence-electron chi connectivity index (χ2n) is 7.52. The molecule has 1 N–H and O–H groups in total. The summed E-state index contributed by atoms with van der Waals surface area (Å²) in [5.74, 6) is 1.07. The Morgan fingerprint density at radius 1 is 1.19 bits per heavy atom. The number of hydrogen-bond donors (Lipinski definition) is 1. The van der Waals surface area contributed by atoms with Gasteiger partial charge in [0.05, 0.1) is 16.2 Å². The lowest BCUT2D eigenvalue weighted by molar-refractivity contribution is 0.612. The Kier molecular flexibility index (Phi) is 3.93. The summed E-state index contributed by atoms with van der Waals surface area (Å²) in [7, 11) is 0. The Morgan fingerprint density at radius 2 is 1.96 bits per heavy atom. The van der Waals surface area contributed by atoms with Crippen LogP contribution in [0.15, 0.2) is 41.2 Å². The summed E-state index contributed by atoms with van der Waals surface area (Å²) >= 11 is 6.35. The topological polar surface area (TPSA) is 46.9 Å². The molecule has 2 aliphatic carbocycles. The van der Waals surface area contributed by atoms with Crippen LogP contribution in [-0.4, -0.2) is 16.1 Å². The summed E-state index contributed by atoms with van der Waals surface area (Å²) in [4.78, 5) is 17.1. The SMILES string of the molecule is O=c1nc(NCC2CC2)c2cc(F)c(C3CC3)cc2n1-c1ccccc1Cl. The van der Waals surface area contributed by atoms with Crippen LogP contribution >= 0.6 is 11.6 Å². The van der Waals surface area contributed by atoms with E-state index in [9.17, 15) is 9.18 Å². The van der Waals surface area contributed by atoms with Gasteiger partial charge in [0.2, 0.25) is 0 Å². The zero-order valence-electron chi connectivity index (χ0n) is 14.7. The van der Waals surface area contributed by atoms with Crippen molar-refractivity contribution in [2.45, 2.75) is 31.6 Å². The van der Waals surface area contributed by atoms with E-state index in [-0.39, 0.29) is 11.7 Å². The van der Waals surface area contributed by atoms with Crippen LogP contribution in [0.1, 0.15) is 37.2 Å². The largest absolute Gasteiger partial charge is 0.369 e. The third-order valence-electron chi connectivity index (χ3n) is 5.38. The summed E-state index contributed by atoms with van der Waals surface area (Å²) in [5.41, 5.74) is 1.46. The third kappa shape index (κ3) is 3.10. The number of anilines is 1. The lowest BCUT2D eigenvalue weighted by Crippen LogP contribution is -2.24. The lowest BCUT2D eigenvalue weighted by atomic mass is 10.1. The highest BCUT2D eigenvalue weighted by Gasteiger charge is 2.28. The molecule has 0 atom stereocenters. The molecule has 0 unspecified atom stereocenters. The van der Waals surface area contributed by atoms with E-state index in [1.165, 1.54) is 23.5 Å².